The lowest BCUT2D eigenvalue weighted by atomic mass is 9.81. The van der Waals surface area contributed by atoms with Crippen molar-refractivity contribution < 1.29 is 4.42 Å². The van der Waals surface area contributed by atoms with Crippen molar-refractivity contribution in [3.63, 3.8) is 0 Å². The number of fused-ring (bicyclic) bond motifs is 7. The number of benzene rings is 8. The van der Waals surface area contributed by atoms with Crippen molar-refractivity contribution in [3.8, 4) is 55.6 Å². The highest BCUT2D eigenvalue weighted by Crippen LogP contribution is 2.52. The van der Waals surface area contributed by atoms with Crippen LogP contribution in [0, 0.1) is 0 Å². The predicted octanol–water partition coefficient (Wildman–Crippen LogP) is 13.7. The third-order valence-electron chi connectivity index (χ3n) is 10.8. The van der Waals surface area contributed by atoms with Gasteiger partial charge in [0.1, 0.15) is 11.2 Å². The molecule has 50 heavy (non-hydrogen) atoms. The van der Waals surface area contributed by atoms with E-state index in [-0.39, 0.29) is 5.41 Å². The Morgan fingerprint density at radius 1 is 0.380 bits per heavy atom. The van der Waals surface area contributed by atoms with Gasteiger partial charge in [-0.3, -0.25) is 0 Å². The van der Waals surface area contributed by atoms with Crippen LogP contribution >= 0.6 is 0 Å². The first-order chi connectivity index (χ1) is 24.6. The zero-order chi connectivity index (χ0) is 33.4. The zero-order valence-corrected chi connectivity index (χ0v) is 28.1. The SMILES string of the molecule is CC1(C)c2ccccc2-c2ccc(-c3c4ccccc4c(-c4cc(-c5ccccc5)cc(-c5ccccc5)c4)c4c3oc3ccccc34)cc21. The second-order valence-electron chi connectivity index (χ2n) is 14.1. The van der Waals surface area contributed by atoms with Crippen LogP contribution in [0.15, 0.2) is 174 Å². The minimum Gasteiger partial charge on any atom is -0.455 e. The summed E-state index contributed by atoms with van der Waals surface area (Å²) in [6.45, 7) is 4.70. The summed E-state index contributed by atoms with van der Waals surface area (Å²) < 4.78 is 6.97. The molecule has 0 unspecified atom stereocenters. The molecule has 0 N–H and O–H groups in total. The van der Waals surface area contributed by atoms with Crippen LogP contribution < -0.4 is 0 Å². The molecule has 0 bridgehead atoms. The normalized spacial score (nSPS) is 13.2. The molecular weight excluding hydrogens is 605 g/mol. The van der Waals surface area contributed by atoms with Gasteiger partial charge < -0.3 is 4.42 Å². The van der Waals surface area contributed by atoms with Gasteiger partial charge in [-0.05, 0) is 96.7 Å². The topological polar surface area (TPSA) is 13.1 Å². The van der Waals surface area contributed by atoms with E-state index in [0.29, 0.717) is 0 Å². The van der Waals surface area contributed by atoms with E-state index >= 15 is 0 Å². The summed E-state index contributed by atoms with van der Waals surface area (Å²) in [6, 6.07) is 61.8. The van der Waals surface area contributed by atoms with Crippen molar-refractivity contribution in [2.75, 3.05) is 0 Å². The van der Waals surface area contributed by atoms with Gasteiger partial charge in [0, 0.05) is 27.3 Å². The molecule has 0 aliphatic heterocycles. The third kappa shape index (κ3) is 4.27. The number of para-hydroxylation sites is 1. The number of rotatable bonds is 4. The minimum atomic E-state index is -0.101. The average Bonchev–Trinajstić information content (AvgIpc) is 3.66. The fraction of sp³-hybridized carbons (Fsp3) is 0.0612. The minimum absolute atomic E-state index is 0.101. The van der Waals surface area contributed by atoms with Gasteiger partial charge in [-0.2, -0.15) is 0 Å². The zero-order valence-electron chi connectivity index (χ0n) is 28.1. The van der Waals surface area contributed by atoms with Crippen molar-refractivity contribution in [3.05, 3.63) is 181 Å². The fourth-order valence-corrected chi connectivity index (χ4v) is 8.46. The van der Waals surface area contributed by atoms with Crippen LogP contribution in [0.2, 0.25) is 0 Å². The summed E-state index contributed by atoms with van der Waals surface area (Å²) in [5.41, 5.74) is 16.6. The summed E-state index contributed by atoms with van der Waals surface area (Å²) >= 11 is 0. The molecule has 8 aromatic carbocycles. The Morgan fingerprint density at radius 3 is 1.62 bits per heavy atom. The van der Waals surface area contributed by atoms with Crippen LogP contribution in [0.4, 0.5) is 0 Å². The van der Waals surface area contributed by atoms with E-state index in [9.17, 15) is 0 Å². The van der Waals surface area contributed by atoms with Crippen LogP contribution in [-0.2, 0) is 5.41 Å². The summed E-state index contributed by atoms with van der Waals surface area (Å²) in [6.07, 6.45) is 0. The van der Waals surface area contributed by atoms with Crippen molar-refractivity contribution in [1.29, 1.82) is 0 Å². The molecule has 0 atom stereocenters. The van der Waals surface area contributed by atoms with E-state index in [1.807, 2.05) is 0 Å². The van der Waals surface area contributed by atoms with E-state index in [4.69, 9.17) is 4.42 Å². The first kappa shape index (κ1) is 28.8. The molecule has 236 valence electrons. The van der Waals surface area contributed by atoms with E-state index < -0.39 is 0 Å². The highest BCUT2D eigenvalue weighted by molar-refractivity contribution is 6.27. The van der Waals surface area contributed by atoms with Crippen LogP contribution in [-0.4, -0.2) is 0 Å². The van der Waals surface area contributed by atoms with Crippen LogP contribution in [0.3, 0.4) is 0 Å². The van der Waals surface area contributed by atoms with E-state index in [1.54, 1.807) is 0 Å². The Labute approximate surface area is 292 Å². The van der Waals surface area contributed by atoms with Crippen LogP contribution in [0.25, 0.3) is 88.3 Å². The molecule has 0 amide bonds. The first-order valence-corrected chi connectivity index (χ1v) is 17.4. The van der Waals surface area contributed by atoms with Crippen LogP contribution in [0.5, 0.6) is 0 Å². The van der Waals surface area contributed by atoms with Gasteiger partial charge in [0.25, 0.3) is 0 Å². The van der Waals surface area contributed by atoms with Crippen LogP contribution in [0.1, 0.15) is 25.0 Å². The largest absolute Gasteiger partial charge is 0.455 e. The molecular formula is C49H34O. The molecule has 9 aromatic rings. The van der Waals surface area contributed by atoms with E-state index in [0.717, 1.165) is 27.5 Å². The second kappa shape index (κ2) is 10.9. The molecule has 0 saturated carbocycles. The Bertz CT molecular complexity index is 2710. The molecule has 1 aliphatic rings. The molecule has 0 saturated heterocycles. The van der Waals surface area contributed by atoms with Crippen molar-refractivity contribution in [2.45, 2.75) is 19.3 Å². The molecule has 0 spiro atoms. The molecule has 1 heteroatoms. The molecule has 1 heterocycles. The van der Waals surface area contributed by atoms with Crippen molar-refractivity contribution in [2.24, 2.45) is 0 Å². The van der Waals surface area contributed by atoms with Gasteiger partial charge in [0.2, 0.25) is 0 Å². The molecule has 10 rings (SSSR count). The number of furan rings is 1. The predicted molar refractivity (Wildman–Crippen MR) is 211 cm³/mol. The van der Waals surface area contributed by atoms with Crippen molar-refractivity contribution in [1.82, 2.24) is 0 Å². The van der Waals surface area contributed by atoms with Gasteiger partial charge >= 0.3 is 0 Å². The molecule has 1 nitrogen and oxygen atoms in total. The highest BCUT2D eigenvalue weighted by Gasteiger charge is 2.35. The van der Waals surface area contributed by atoms with Crippen molar-refractivity contribution >= 4 is 32.7 Å². The number of hydrogen-bond acceptors (Lipinski definition) is 1. The molecule has 1 aromatic heterocycles. The monoisotopic (exact) mass is 638 g/mol. The Hall–Kier alpha value is -6.18. The standard InChI is InChI=1S/C49H34O/c1-49(2)42-23-13-11-19-37(42)38-26-25-33(30-43(38)49)46-40-21-10-9-20-39(40)45(47-41-22-12-14-24-44(41)50-48(46)47)36-28-34(31-15-5-3-6-16-31)27-35(29-36)32-17-7-4-8-18-32/h3-30H,1-2H3. The quantitative estimate of drug-likeness (QED) is 0.187. The summed E-state index contributed by atoms with van der Waals surface area (Å²) in [7, 11) is 0. The summed E-state index contributed by atoms with van der Waals surface area (Å²) in [5, 5.41) is 4.69. The molecule has 0 radical (unpaired) electrons. The van der Waals surface area contributed by atoms with Gasteiger partial charge in [-0.15, -0.1) is 0 Å². The van der Waals surface area contributed by atoms with Gasteiger partial charge in [0.05, 0.1) is 0 Å². The maximum Gasteiger partial charge on any atom is 0.144 e. The Morgan fingerprint density at radius 2 is 0.920 bits per heavy atom. The lowest BCUT2D eigenvalue weighted by molar-refractivity contribution is 0.660. The highest BCUT2D eigenvalue weighted by atomic mass is 16.3. The van der Waals surface area contributed by atoms with E-state index in [2.05, 4.69) is 184 Å². The molecule has 1 aliphatic carbocycles. The maximum absolute atomic E-state index is 6.97. The number of hydrogen-bond donors (Lipinski definition) is 0. The Kier molecular flexibility index (Phi) is 6.29. The first-order valence-electron chi connectivity index (χ1n) is 17.4. The van der Waals surface area contributed by atoms with Gasteiger partial charge in [0.15, 0.2) is 0 Å². The molecule has 0 fully saturated rings. The lowest BCUT2D eigenvalue weighted by Gasteiger charge is -2.22. The summed E-state index contributed by atoms with van der Waals surface area (Å²) in [4.78, 5) is 0. The maximum atomic E-state index is 6.97. The summed E-state index contributed by atoms with van der Waals surface area (Å²) in [5.74, 6) is 0. The lowest BCUT2D eigenvalue weighted by Crippen LogP contribution is -2.14. The third-order valence-corrected chi connectivity index (χ3v) is 10.8. The smallest absolute Gasteiger partial charge is 0.144 e. The van der Waals surface area contributed by atoms with Gasteiger partial charge in [-0.1, -0.05) is 153 Å². The van der Waals surface area contributed by atoms with E-state index in [1.165, 1.54) is 72.0 Å². The fourth-order valence-electron chi connectivity index (χ4n) is 8.46. The Balaban J connectivity index is 1.31. The average molecular weight is 639 g/mol. The van der Waals surface area contributed by atoms with Gasteiger partial charge in [-0.25, -0.2) is 0 Å². The second-order valence-corrected chi connectivity index (χ2v) is 14.1.